The van der Waals surface area contributed by atoms with E-state index in [9.17, 15) is 37.2 Å². The van der Waals surface area contributed by atoms with E-state index in [0.29, 0.717) is 75.5 Å². The third-order valence-electron chi connectivity index (χ3n) is 8.73. The summed E-state index contributed by atoms with van der Waals surface area (Å²) in [6, 6.07) is 8.50. The molecule has 0 aromatic heterocycles. The van der Waals surface area contributed by atoms with Gasteiger partial charge in [-0.3, -0.25) is 10.7 Å². The number of sulfonamides is 2. The number of fused-ring (bicyclic) bond motifs is 2. The minimum atomic E-state index is -3.92. The van der Waals surface area contributed by atoms with Gasteiger partial charge in [0.05, 0.1) is 15.5 Å². The van der Waals surface area contributed by atoms with Crippen molar-refractivity contribution in [1.29, 1.82) is 0 Å². The van der Waals surface area contributed by atoms with E-state index in [-0.39, 0.29) is 57.0 Å². The first-order valence-electron chi connectivity index (χ1n) is 14.1. The van der Waals surface area contributed by atoms with Gasteiger partial charge in [-0.2, -0.15) is 8.61 Å². The van der Waals surface area contributed by atoms with Crippen LogP contribution in [0.5, 0.6) is 0 Å². The maximum atomic E-state index is 13.5. The first-order valence-corrected chi connectivity index (χ1v) is 17.0. The van der Waals surface area contributed by atoms with Gasteiger partial charge in [0, 0.05) is 60.9 Å². The van der Waals surface area contributed by atoms with Crippen LogP contribution in [0.1, 0.15) is 38.5 Å². The molecule has 3 aromatic carbocycles. The molecule has 0 radical (unpaired) electrons. The highest BCUT2D eigenvalue weighted by Crippen LogP contribution is 2.43. The summed E-state index contributed by atoms with van der Waals surface area (Å²) in [5.41, 5.74) is 2.20. The van der Waals surface area contributed by atoms with Gasteiger partial charge in [0.2, 0.25) is 20.0 Å². The molecular weight excluding hydrogens is 584 g/mol. The number of aliphatic hydroxyl groups is 2. The SMILES string of the molecule is O=Nc1c2cc(S(=O)(=O)N3CCC(CCO)CC3)ccc2c(NO)c2ccc(S(=O)(=O)N3CCC(CCO)CC3)cc12. The summed E-state index contributed by atoms with van der Waals surface area (Å²) in [7, 11) is -7.84. The Morgan fingerprint density at radius 3 is 1.45 bits per heavy atom. The summed E-state index contributed by atoms with van der Waals surface area (Å²) in [6.45, 7) is 1.36. The Kier molecular flexibility index (Phi) is 9.13. The maximum absolute atomic E-state index is 13.5. The molecule has 4 N–H and O–H groups in total. The van der Waals surface area contributed by atoms with Crippen molar-refractivity contribution >= 4 is 53.0 Å². The molecule has 2 aliphatic rings. The van der Waals surface area contributed by atoms with Gasteiger partial charge in [-0.05, 0) is 79.8 Å². The smallest absolute Gasteiger partial charge is 0.243 e. The van der Waals surface area contributed by atoms with Crippen LogP contribution in [0.15, 0.2) is 51.4 Å². The average Bonchev–Trinajstić information content (AvgIpc) is 3.00. The van der Waals surface area contributed by atoms with Gasteiger partial charge in [0.1, 0.15) is 5.69 Å². The topological polar surface area (TPSA) is 177 Å². The summed E-state index contributed by atoms with van der Waals surface area (Å²) >= 11 is 0. The van der Waals surface area contributed by atoms with Gasteiger partial charge in [-0.1, -0.05) is 12.1 Å². The quantitative estimate of drug-likeness (QED) is 0.149. The molecule has 0 bridgehead atoms. The van der Waals surface area contributed by atoms with E-state index in [0.717, 1.165) is 0 Å². The van der Waals surface area contributed by atoms with E-state index in [1.165, 1.54) is 45.0 Å². The summed E-state index contributed by atoms with van der Waals surface area (Å²) in [4.78, 5) is 12.2. The van der Waals surface area contributed by atoms with E-state index < -0.39 is 20.0 Å². The molecule has 5 rings (SSSR count). The van der Waals surface area contributed by atoms with Crippen LogP contribution in [-0.4, -0.2) is 80.3 Å². The second-order valence-electron chi connectivity index (χ2n) is 11.1. The zero-order valence-electron chi connectivity index (χ0n) is 23.1. The molecule has 2 heterocycles. The highest BCUT2D eigenvalue weighted by atomic mass is 32.2. The van der Waals surface area contributed by atoms with Gasteiger partial charge in [0.25, 0.3) is 0 Å². The van der Waals surface area contributed by atoms with Crippen molar-refractivity contribution in [1.82, 2.24) is 8.61 Å². The second kappa shape index (κ2) is 12.5. The molecule has 14 heteroatoms. The summed E-state index contributed by atoms with van der Waals surface area (Å²) in [5, 5.41) is 32.7. The van der Waals surface area contributed by atoms with Crippen molar-refractivity contribution in [3.05, 3.63) is 41.3 Å². The average molecular weight is 621 g/mol. The lowest BCUT2D eigenvalue weighted by atomic mass is 9.95. The molecular formula is C28H36N4O8S2. The molecule has 42 heavy (non-hydrogen) atoms. The molecule has 0 saturated carbocycles. The fourth-order valence-electron chi connectivity index (χ4n) is 6.24. The fourth-order valence-corrected chi connectivity index (χ4v) is 9.24. The van der Waals surface area contributed by atoms with Crippen LogP contribution in [0.25, 0.3) is 21.5 Å². The molecule has 2 fully saturated rings. The predicted molar refractivity (Wildman–Crippen MR) is 159 cm³/mol. The van der Waals surface area contributed by atoms with Gasteiger partial charge < -0.3 is 10.2 Å². The fraction of sp³-hybridized carbons (Fsp3) is 0.500. The lowest BCUT2D eigenvalue weighted by molar-refractivity contribution is 0.207. The van der Waals surface area contributed by atoms with E-state index in [2.05, 4.69) is 10.7 Å². The third-order valence-corrected chi connectivity index (χ3v) is 12.5. The third kappa shape index (κ3) is 5.64. The standard InChI is InChI=1S/C28H36N4O8S2/c33-15-9-19-5-11-31(12-6-19)41(37,38)21-1-3-23-25(17-21)28(30-36)26-18-22(2-4-24(26)27(23)29-35)42(39,40)32-13-7-20(8-14-32)10-16-34/h1-4,17-20,29,33-35H,5-16H2. The first kappa shape index (κ1) is 30.7. The molecule has 0 atom stereocenters. The molecule has 0 unspecified atom stereocenters. The number of aliphatic hydroxyl groups excluding tert-OH is 2. The Hall–Kier alpha value is -2.72. The largest absolute Gasteiger partial charge is 0.396 e. The number of hydrogen-bond acceptors (Lipinski definition) is 10. The normalized spacial score (nSPS) is 18.5. The monoisotopic (exact) mass is 620 g/mol. The Morgan fingerprint density at radius 1 is 0.714 bits per heavy atom. The number of hydrogen-bond donors (Lipinski definition) is 4. The van der Waals surface area contributed by atoms with Crippen molar-refractivity contribution in [2.24, 2.45) is 17.0 Å². The molecule has 0 amide bonds. The lowest BCUT2D eigenvalue weighted by Crippen LogP contribution is -2.38. The minimum Gasteiger partial charge on any atom is -0.396 e. The van der Waals surface area contributed by atoms with Crippen LogP contribution in [0.3, 0.4) is 0 Å². The molecule has 2 aliphatic heterocycles. The van der Waals surface area contributed by atoms with Crippen molar-refractivity contribution in [3.8, 4) is 0 Å². The Morgan fingerprint density at radius 2 is 1.12 bits per heavy atom. The highest BCUT2D eigenvalue weighted by Gasteiger charge is 2.32. The van der Waals surface area contributed by atoms with Crippen molar-refractivity contribution in [2.75, 3.05) is 44.9 Å². The number of benzene rings is 3. The zero-order chi connectivity index (χ0) is 30.1. The number of nitroso groups, excluding NO2 is 1. The van der Waals surface area contributed by atoms with E-state index in [1.54, 1.807) is 0 Å². The summed E-state index contributed by atoms with van der Waals surface area (Å²) < 4.78 is 56.9. The van der Waals surface area contributed by atoms with Gasteiger partial charge in [0.15, 0.2) is 0 Å². The molecule has 3 aromatic rings. The van der Waals surface area contributed by atoms with Crippen molar-refractivity contribution < 1.29 is 32.3 Å². The predicted octanol–water partition coefficient (Wildman–Crippen LogP) is 3.76. The number of rotatable bonds is 10. The van der Waals surface area contributed by atoms with Crippen LogP contribution < -0.4 is 5.48 Å². The number of anilines is 1. The van der Waals surface area contributed by atoms with Crippen LogP contribution >= 0.6 is 0 Å². The number of nitrogens with one attached hydrogen (secondary N) is 1. The molecule has 12 nitrogen and oxygen atoms in total. The Bertz CT molecular complexity index is 1560. The molecule has 228 valence electrons. The molecule has 0 spiro atoms. The lowest BCUT2D eigenvalue weighted by Gasteiger charge is -2.31. The van der Waals surface area contributed by atoms with Gasteiger partial charge in [-0.15, -0.1) is 4.91 Å². The summed E-state index contributed by atoms with van der Waals surface area (Å²) in [5.74, 6) is 0.511. The van der Waals surface area contributed by atoms with E-state index >= 15 is 0 Å². The second-order valence-corrected chi connectivity index (χ2v) is 14.9. The van der Waals surface area contributed by atoms with Crippen LogP contribution in [0.2, 0.25) is 0 Å². The maximum Gasteiger partial charge on any atom is 0.243 e. The highest BCUT2D eigenvalue weighted by molar-refractivity contribution is 7.89. The molecule has 0 aliphatic carbocycles. The van der Waals surface area contributed by atoms with Crippen LogP contribution in [-0.2, 0) is 20.0 Å². The Labute approximate surface area is 245 Å². The number of piperidine rings is 2. The molecule has 2 saturated heterocycles. The Balaban J connectivity index is 1.56. The van der Waals surface area contributed by atoms with Crippen LogP contribution in [0.4, 0.5) is 11.4 Å². The number of nitrogens with zero attached hydrogens (tertiary/aromatic N) is 3. The van der Waals surface area contributed by atoms with Crippen LogP contribution in [0, 0.1) is 16.7 Å². The van der Waals surface area contributed by atoms with Crippen molar-refractivity contribution in [3.63, 3.8) is 0 Å². The van der Waals surface area contributed by atoms with E-state index in [4.69, 9.17) is 0 Å². The first-order chi connectivity index (χ1) is 20.1. The van der Waals surface area contributed by atoms with E-state index in [1.807, 2.05) is 0 Å². The van der Waals surface area contributed by atoms with Crippen molar-refractivity contribution in [2.45, 2.75) is 48.3 Å². The zero-order valence-corrected chi connectivity index (χ0v) is 24.8. The van der Waals surface area contributed by atoms with Gasteiger partial charge >= 0.3 is 0 Å². The summed E-state index contributed by atoms with van der Waals surface area (Å²) in [6.07, 6.45) is 3.79. The minimum absolute atomic E-state index is 0.0433. The van der Waals surface area contributed by atoms with Gasteiger partial charge in [-0.25, -0.2) is 16.8 Å².